The maximum absolute atomic E-state index is 13.4. The molecule has 0 saturated carbocycles. The number of benzene rings is 3. The van der Waals surface area contributed by atoms with Crippen LogP contribution in [0.5, 0.6) is 23.0 Å². The van der Waals surface area contributed by atoms with Crippen molar-refractivity contribution in [2.75, 3.05) is 24.7 Å². The highest BCUT2D eigenvalue weighted by atomic mass is 16.5. The quantitative estimate of drug-likeness (QED) is 0.234. The molecule has 192 valence electrons. The average Bonchev–Trinajstić information content (AvgIpc) is 3.16. The first-order chi connectivity index (χ1) is 17.9. The second-order valence-electron chi connectivity index (χ2n) is 8.22. The standard InChI is InChI=1S/C29H29NO7/c1-4-35-21-11-7-9-19(15-21)27(32)25-26(18-13-14-23(31)24(16-18)37-6-3)30(29(34)28(25)33)20-10-8-12-22(17-20)36-5-2/h7-17,26,31-32H,4-6H2,1-3H3/b27-25-. The summed E-state index contributed by atoms with van der Waals surface area (Å²) in [6.07, 6.45) is 0. The van der Waals surface area contributed by atoms with Crippen LogP contribution >= 0.6 is 0 Å². The molecular formula is C29H29NO7. The molecule has 1 atom stereocenters. The average molecular weight is 504 g/mol. The Hall–Kier alpha value is -4.46. The fourth-order valence-electron chi connectivity index (χ4n) is 4.33. The van der Waals surface area contributed by atoms with Crippen LogP contribution in [0.2, 0.25) is 0 Å². The van der Waals surface area contributed by atoms with Crippen molar-refractivity contribution >= 4 is 23.1 Å². The van der Waals surface area contributed by atoms with Crippen LogP contribution in [0.15, 0.2) is 72.3 Å². The molecule has 0 aromatic heterocycles. The van der Waals surface area contributed by atoms with Crippen LogP contribution in [-0.2, 0) is 9.59 Å². The highest BCUT2D eigenvalue weighted by Crippen LogP contribution is 2.44. The fourth-order valence-corrected chi connectivity index (χ4v) is 4.33. The Morgan fingerprint density at radius 3 is 2.16 bits per heavy atom. The van der Waals surface area contributed by atoms with Gasteiger partial charge in [-0.25, -0.2) is 0 Å². The summed E-state index contributed by atoms with van der Waals surface area (Å²) < 4.78 is 16.7. The summed E-state index contributed by atoms with van der Waals surface area (Å²) in [5.74, 6) is -0.795. The molecule has 0 aliphatic carbocycles. The molecule has 3 aromatic carbocycles. The first-order valence-corrected chi connectivity index (χ1v) is 12.1. The minimum atomic E-state index is -0.993. The van der Waals surface area contributed by atoms with E-state index in [1.54, 1.807) is 67.6 Å². The number of carbonyl (C=O) groups is 2. The number of carbonyl (C=O) groups excluding carboxylic acids is 2. The van der Waals surface area contributed by atoms with Gasteiger partial charge in [0.2, 0.25) is 0 Å². The number of phenolic OH excluding ortho intramolecular Hbond substituents is 1. The molecule has 3 aromatic rings. The number of hydrogen-bond acceptors (Lipinski definition) is 7. The first-order valence-electron chi connectivity index (χ1n) is 12.1. The van der Waals surface area contributed by atoms with E-state index >= 15 is 0 Å². The number of hydrogen-bond donors (Lipinski definition) is 2. The largest absolute Gasteiger partial charge is 0.507 e. The van der Waals surface area contributed by atoms with Gasteiger partial charge in [0.1, 0.15) is 17.3 Å². The van der Waals surface area contributed by atoms with Crippen molar-refractivity contribution in [2.45, 2.75) is 26.8 Å². The Kier molecular flexibility index (Phi) is 7.67. The SMILES string of the molecule is CCOc1cccc(/C(O)=C2/C(=O)C(=O)N(c3cccc(OCC)c3)C2c2ccc(O)c(OCC)c2)c1. The van der Waals surface area contributed by atoms with Gasteiger partial charge in [0.25, 0.3) is 11.7 Å². The van der Waals surface area contributed by atoms with Crippen molar-refractivity contribution in [3.63, 3.8) is 0 Å². The molecule has 1 amide bonds. The normalized spacial score (nSPS) is 16.6. The molecule has 0 bridgehead atoms. The summed E-state index contributed by atoms with van der Waals surface area (Å²) >= 11 is 0. The molecule has 8 heteroatoms. The zero-order valence-corrected chi connectivity index (χ0v) is 20.9. The van der Waals surface area contributed by atoms with Crippen LogP contribution in [-0.4, -0.2) is 41.7 Å². The Morgan fingerprint density at radius 1 is 0.838 bits per heavy atom. The number of amides is 1. The summed E-state index contributed by atoms with van der Waals surface area (Å²) in [7, 11) is 0. The summed E-state index contributed by atoms with van der Waals surface area (Å²) in [6, 6.07) is 17.1. The number of phenols is 1. The van der Waals surface area contributed by atoms with Gasteiger partial charge in [-0.05, 0) is 62.7 Å². The van der Waals surface area contributed by atoms with Crippen LogP contribution in [0.4, 0.5) is 5.69 Å². The third-order valence-corrected chi connectivity index (χ3v) is 5.87. The van der Waals surface area contributed by atoms with Crippen molar-refractivity contribution in [1.29, 1.82) is 0 Å². The molecule has 8 nitrogen and oxygen atoms in total. The van der Waals surface area contributed by atoms with E-state index in [0.29, 0.717) is 48.1 Å². The number of nitrogens with zero attached hydrogens (tertiary/aromatic N) is 1. The topological polar surface area (TPSA) is 106 Å². The van der Waals surface area contributed by atoms with Gasteiger partial charge in [-0.1, -0.05) is 24.3 Å². The Bertz CT molecular complexity index is 1350. The van der Waals surface area contributed by atoms with Gasteiger partial charge in [0.05, 0.1) is 31.4 Å². The number of ketones is 1. The predicted octanol–water partition coefficient (Wildman–Crippen LogP) is 5.21. The van der Waals surface area contributed by atoms with Crippen molar-refractivity contribution in [1.82, 2.24) is 0 Å². The van der Waals surface area contributed by atoms with Crippen molar-refractivity contribution in [3.8, 4) is 23.0 Å². The van der Waals surface area contributed by atoms with E-state index in [1.807, 2.05) is 13.8 Å². The van der Waals surface area contributed by atoms with Gasteiger partial charge in [-0.3, -0.25) is 14.5 Å². The lowest BCUT2D eigenvalue weighted by Gasteiger charge is -2.26. The molecule has 4 rings (SSSR count). The number of Topliss-reactive ketones (excluding diaryl/α,β-unsaturated/α-hetero) is 1. The number of anilines is 1. The maximum atomic E-state index is 13.4. The predicted molar refractivity (Wildman–Crippen MR) is 139 cm³/mol. The molecule has 0 spiro atoms. The molecule has 2 N–H and O–H groups in total. The van der Waals surface area contributed by atoms with E-state index in [9.17, 15) is 19.8 Å². The van der Waals surface area contributed by atoms with Gasteiger partial charge in [0, 0.05) is 17.3 Å². The molecular weight excluding hydrogens is 474 g/mol. The number of rotatable bonds is 9. The number of aliphatic hydroxyl groups excluding tert-OH is 1. The van der Waals surface area contributed by atoms with Crippen molar-refractivity contribution < 1.29 is 34.0 Å². The summed E-state index contributed by atoms with van der Waals surface area (Å²) in [6.45, 7) is 6.63. The summed E-state index contributed by atoms with van der Waals surface area (Å²) in [5.41, 5.74) is 1.14. The minimum Gasteiger partial charge on any atom is -0.507 e. The van der Waals surface area contributed by atoms with Gasteiger partial charge in [-0.15, -0.1) is 0 Å². The third kappa shape index (κ3) is 5.09. The van der Waals surface area contributed by atoms with E-state index in [4.69, 9.17) is 14.2 Å². The van der Waals surface area contributed by atoms with Crippen LogP contribution in [0.3, 0.4) is 0 Å². The third-order valence-electron chi connectivity index (χ3n) is 5.87. The number of aromatic hydroxyl groups is 1. The lowest BCUT2D eigenvalue weighted by atomic mass is 9.94. The van der Waals surface area contributed by atoms with Crippen molar-refractivity contribution in [3.05, 3.63) is 83.4 Å². The zero-order chi connectivity index (χ0) is 26.5. The highest BCUT2D eigenvalue weighted by molar-refractivity contribution is 6.51. The van der Waals surface area contributed by atoms with Crippen LogP contribution < -0.4 is 19.1 Å². The molecule has 1 heterocycles. The van der Waals surface area contributed by atoms with E-state index < -0.39 is 17.7 Å². The number of ether oxygens (including phenoxy) is 3. The van der Waals surface area contributed by atoms with Gasteiger partial charge >= 0.3 is 0 Å². The highest BCUT2D eigenvalue weighted by Gasteiger charge is 2.47. The maximum Gasteiger partial charge on any atom is 0.300 e. The lowest BCUT2D eigenvalue weighted by molar-refractivity contribution is -0.132. The number of aliphatic hydroxyl groups is 1. The fraction of sp³-hybridized carbons (Fsp3) is 0.241. The smallest absolute Gasteiger partial charge is 0.300 e. The second kappa shape index (κ2) is 11.1. The van der Waals surface area contributed by atoms with Crippen LogP contribution in [0.25, 0.3) is 5.76 Å². The van der Waals surface area contributed by atoms with E-state index in [0.717, 1.165) is 0 Å². The summed E-state index contributed by atoms with van der Waals surface area (Å²) in [4.78, 5) is 28.2. The zero-order valence-electron chi connectivity index (χ0n) is 20.9. The minimum absolute atomic E-state index is 0.0784. The molecule has 1 aliphatic heterocycles. The Labute approximate surface area is 215 Å². The van der Waals surface area contributed by atoms with Crippen LogP contribution in [0, 0.1) is 0 Å². The van der Waals surface area contributed by atoms with Crippen molar-refractivity contribution in [2.24, 2.45) is 0 Å². The summed E-state index contributed by atoms with van der Waals surface area (Å²) in [5, 5.41) is 21.6. The molecule has 0 radical (unpaired) electrons. The van der Waals surface area contributed by atoms with Gasteiger partial charge in [-0.2, -0.15) is 0 Å². The molecule has 1 unspecified atom stereocenters. The van der Waals surface area contributed by atoms with Gasteiger partial charge < -0.3 is 24.4 Å². The van der Waals surface area contributed by atoms with E-state index in [1.165, 1.54) is 11.0 Å². The monoisotopic (exact) mass is 503 g/mol. The first kappa shape index (κ1) is 25.6. The Balaban J connectivity index is 1.94. The Morgan fingerprint density at radius 2 is 1.49 bits per heavy atom. The molecule has 1 fully saturated rings. The van der Waals surface area contributed by atoms with E-state index in [-0.39, 0.29) is 22.8 Å². The van der Waals surface area contributed by atoms with Crippen LogP contribution in [0.1, 0.15) is 37.9 Å². The van der Waals surface area contributed by atoms with E-state index in [2.05, 4.69) is 0 Å². The second-order valence-corrected chi connectivity index (χ2v) is 8.22. The molecule has 37 heavy (non-hydrogen) atoms. The molecule has 1 saturated heterocycles. The van der Waals surface area contributed by atoms with Gasteiger partial charge in [0.15, 0.2) is 11.5 Å². The molecule has 1 aliphatic rings. The lowest BCUT2D eigenvalue weighted by Crippen LogP contribution is -2.29.